The lowest BCUT2D eigenvalue weighted by atomic mass is 10.2. The number of nitrogens with one attached hydrogen (secondary N) is 1. The van der Waals surface area contributed by atoms with E-state index in [1.807, 2.05) is 11.8 Å². The Morgan fingerprint density at radius 1 is 1.32 bits per heavy atom. The van der Waals surface area contributed by atoms with Crippen molar-refractivity contribution >= 4 is 27.8 Å². The van der Waals surface area contributed by atoms with Gasteiger partial charge in [-0.3, -0.25) is 0 Å². The van der Waals surface area contributed by atoms with Gasteiger partial charge < -0.3 is 5.11 Å². The smallest absolute Gasteiger partial charge is 0.335 e. The third-order valence-corrected chi connectivity index (χ3v) is 5.50. The SMILES string of the molecule is O=C(O)c1cccc(S(=O)(=O)NC2CCSCC2)c1. The summed E-state index contributed by atoms with van der Waals surface area (Å²) in [5.41, 5.74) is -0.0259. The van der Waals surface area contributed by atoms with Gasteiger partial charge in [-0.2, -0.15) is 11.8 Å². The summed E-state index contributed by atoms with van der Waals surface area (Å²) >= 11 is 1.81. The summed E-state index contributed by atoms with van der Waals surface area (Å²) in [5.74, 6) is 0.760. The van der Waals surface area contributed by atoms with Crippen LogP contribution in [0, 0.1) is 0 Å². The molecule has 0 radical (unpaired) electrons. The number of carboxylic acids is 1. The van der Waals surface area contributed by atoms with Gasteiger partial charge in [0.2, 0.25) is 10.0 Å². The fraction of sp³-hybridized carbons (Fsp3) is 0.417. The number of rotatable bonds is 4. The van der Waals surface area contributed by atoms with Gasteiger partial charge in [-0.05, 0) is 42.5 Å². The van der Waals surface area contributed by atoms with Crippen LogP contribution in [0.25, 0.3) is 0 Å². The van der Waals surface area contributed by atoms with E-state index in [-0.39, 0.29) is 16.5 Å². The van der Waals surface area contributed by atoms with E-state index in [0.29, 0.717) is 0 Å². The molecule has 0 atom stereocenters. The van der Waals surface area contributed by atoms with E-state index >= 15 is 0 Å². The van der Waals surface area contributed by atoms with Gasteiger partial charge in [0, 0.05) is 6.04 Å². The molecule has 5 nitrogen and oxygen atoms in total. The predicted molar refractivity (Wildman–Crippen MR) is 74.1 cm³/mol. The zero-order valence-electron chi connectivity index (χ0n) is 10.2. The summed E-state index contributed by atoms with van der Waals surface area (Å²) in [6, 6.07) is 5.35. The van der Waals surface area contributed by atoms with Crippen molar-refractivity contribution in [1.82, 2.24) is 4.72 Å². The van der Waals surface area contributed by atoms with Crippen LogP contribution in [0.4, 0.5) is 0 Å². The molecule has 7 heteroatoms. The fourth-order valence-electron chi connectivity index (χ4n) is 1.90. The van der Waals surface area contributed by atoms with Crippen molar-refractivity contribution in [2.45, 2.75) is 23.8 Å². The lowest BCUT2D eigenvalue weighted by Gasteiger charge is -2.22. The second-order valence-electron chi connectivity index (χ2n) is 4.34. The van der Waals surface area contributed by atoms with E-state index in [9.17, 15) is 13.2 Å². The predicted octanol–water partition coefficient (Wildman–Crippen LogP) is 1.56. The standard InChI is InChI=1S/C12H15NO4S2/c14-12(15)9-2-1-3-11(8-9)19(16,17)13-10-4-6-18-7-5-10/h1-3,8,10,13H,4-7H2,(H,14,15). The Bertz CT molecular complexity index is 565. The molecule has 19 heavy (non-hydrogen) atoms. The fourth-order valence-corrected chi connectivity index (χ4v) is 4.36. The third-order valence-electron chi connectivity index (χ3n) is 2.93. The first-order chi connectivity index (χ1) is 8.99. The maximum Gasteiger partial charge on any atom is 0.335 e. The molecule has 0 aliphatic carbocycles. The molecule has 1 heterocycles. The molecule has 0 saturated carbocycles. The van der Waals surface area contributed by atoms with Gasteiger partial charge >= 0.3 is 5.97 Å². The highest BCUT2D eigenvalue weighted by Crippen LogP contribution is 2.19. The lowest BCUT2D eigenvalue weighted by molar-refractivity contribution is 0.0696. The van der Waals surface area contributed by atoms with E-state index in [1.54, 1.807) is 0 Å². The van der Waals surface area contributed by atoms with E-state index < -0.39 is 16.0 Å². The van der Waals surface area contributed by atoms with E-state index in [4.69, 9.17) is 5.11 Å². The minimum atomic E-state index is -3.64. The second kappa shape index (κ2) is 5.94. The number of aromatic carboxylic acids is 1. The molecule has 1 saturated heterocycles. The van der Waals surface area contributed by atoms with Crippen molar-refractivity contribution in [3.63, 3.8) is 0 Å². The highest BCUT2D eigenvalue weighted by atomic mass is 32.2. The van der Waals surface area contributed by atoms with Crippen molar-refractivity contribution in [3.8, 4) is 0 Å². The van der Waals surface area contributed by atoms with Gasteiger partial charge in [0.1, 0.15) is 0 Å². The van der Waals surface area contributed by atoms with Crippen molar-refractivity contribution in [2.24, 2.45) is 0 Å². The summed E-state index contributed by atoms with van der Waals surface area (Å²) in [6.45, 7) is 0. The van der Waals surface area contributed by atoms with Crippen LogP contribution in [0.1, 0.15) is 23.2 Å². The summed E-state index contributed by atoms with van der Waals surface area (Å²) in [4.78, 5) is 10.9. The van der Waals surface area contributed by atoms with Gasteiger partial charge in [-0.1, -0.05) is 6.07 Å². The van der Waals surface area contributed by atoms with Crippen LogP contribution in [-0.4, -0.2) is 37.0 Å². The monoisotopic (exact) mass is 301 g/mol. The molecule has 104 valence electrons. The molecule has 0 unspecified atom stereocenters. The topological polar surface area (TPSA) is 83.5 Å². The van der Waals surface area contributed by atoms with Gasteiger partial charge in [0.15, 0.2) is 0 Å². The molecular formula is C12H15NO4S2. The maximum atomic E-state index is 12.2. The molecule has 0 spiro atoms. The lowest BCUT2D eigenvalue weighted by Crippen LogP contribution is -2.37. The second-order valence-corrected chi connectivity index (χ2v) is 7.28. The van der Waals surface area contributed by atoms with Crippen LogP contribution < -0.4 is 4.72 Å². The zero-order valence-corrected chi connectivity index (χ0v) is 11.8. The van der Waals surface area contributed by atoms with Gasteiger partial charge in [0.05, 0.1) is 10.5 Å². The van der Waals surface area contributed by atoms with Crippen LogP contribution >= 0.6 is 11.8 Å². The molecule has 1 aliphatic rings. The Kier molecular flexibility index (Phi) is 4.49. The van der Waals surface area contributed by atoms with Gasteiger partial charge in [-0.25, -0.2) is 17.9 Å². The van der Waals surface area contributed by atoms with Crippen molar-refractivity contribution in [1.29, 1.82) is 0 Å². The normalized spacial score (nSPS) is 17.3. The Morgan fingerprint density at radius 3 is 2.63 bits per heavy atom. The molecule has 0 amide bonds. The summed E-state index contributed by atoms with van der Waals surface area (Å²) in [7, 11) is -3.64. The number of carboxylic acid groups (broad SMARTS) is 1. The van der Waals surface area contributed by atoms with Crippen LogP contribution in [0.5, 0.6) is 0 Å². The largest absolute Gasteiger partial charge is 0.478 e. The average Bonchev–Trinajstić information content (AvgIpc) is 2.39. The average molecular weight is 301 g/mol. The highest BCUT2D eigenvalue weighted by Gasteiger charge is 2.22. The number of hydrogen-bond donors (Lipinski definition) is 2. The Morgan fingerprint density at radius 2 is 2.00 bits per heavy atom. The molecule has 1 fully saturated rings. The first kappa shape index (κ1) is 14.4. The number of hydrogen-bond acceptors (Lipinski definition) is 4. The molecule has 2 rings (SSSR count). The Labute approximate surface area is 116 Å². The van der Waals surface area contributed by atoms with Crippen LogP contribution in [0.2, 0.25) is 0 Å². The third kappa shape index (κ3) is 3.71. The minimum absolute atomic E-state index is 0.00521. The van der Waals surface area contributed by atoms with Crippen LogP contribution in [0.3, 0.4) is 0 Å². The zero-order chi connectivity index (χ0) is 13.9. The number of sulfonamides is 1. The molecule has 1 aromatic rings. The van der Waals surface area contributed by atoms with Crippen molar-refractivity contribution in [3.05, 3.63) is 29.8 Å². The van der Waals surface area contributed by atoms with Crippen LogP contribution in [0.15, 0.2) is 29.2 Å². The molecule has 0 aromatic heterocycles. The first-order valence-corrected chi connectivity index (χ1v) is 8.56. The van der Waals surface area contributed by atoms with Crippen molar-refractivity contribution < 1.29 is 18.3 Å². The molecule has 1 aromatic carbocycles. The number of benzene rings is 1. The Hall–Kier alpha value is -1.05. The molecular weight excluding hydrogens is 286 g/mol. The minimum Gasteiger partial charge on any atom is -0.478 e. The van der Waals surface area contributed by atoms with Gasteiger partial charge in [-0.15, -0.1) is 0 Å². The Balaban J connectivity index is 2.18. The highest BCUT2D eigenvalue weighted by molar-refractivity contribution is 7.99. The first-order valence-electron chi connectivity index (χ1n) is 5.92. The molecule has 0 bridgehead atoms. The summed E-state index contributed by atoms with van der Waals surface area (Å²) in [5, 5.41) is 8.88. The van der Waals surface area contributed by atoms with E-state index in [0.717, 1.165) is 24.3 Å². The van der Waals surface area contributed by atoms with Crippen molar-refractivity contribution in [2.75, 3.05) is 11.5 Å². The summed E-state index contributed by atoms with van der Waals surface area (Å²) < 4.78 is 27.0. The van der Waals surface area contributed by atoms with Gasteiger partial charge in [0.25, 0.3) is 0 Å². The van der Waals surface area contributed by atoms with E-state index in [2.05, 4.69) is 4.72 Å². The molecule has 1 aliphatic heterocycles. The quantitative estimate of drug-likeness (QED) is 0.881. The number of thioether (sulfide) groups is 1. The summed E-state index contributed by atoms with van der Waals surface area (Å²) in [6.07, 6.45) is 1.62. The van der Waals surface area contributed by atoms with E-state index in [1.165, 1.54) is 24.3 Å². The number of carbonyl (C=O) groups is 1. The molecule has 2 N–H and O–H groups in total. The van der Waals surface area contributed by atoms with Crippen LogP contribution in [-0.2, 0) is 10.0 Å². The maximum absolute atomic E-state index is 12.2.